The highest BCUT2D eigenvalue weighted by Crippen LogP contribution is 2.49. The largest absolute Gasteiger partial charge is 0.494 e. The van der Waals surface area contributed by atoms with Gasteiger partial charge >= 0.3 is 0 Å². The van der Waals surface area contributed by atoms with Gasteiger partial charge in [0, 0.05) is 83.6 Å². The van der Waals surface area contributed by atoms with Crippen LogP contribution in [0.1, 0.15) is 279 Å². The molecular formula is C102H126N4O4S5. The van der Waals surface area contributed by atoms with Crippen molar-refractivity contribution < 1.29 is 18.9 Å². The van der Waals surface area contributed by atoms with Gasteiger partial charge in [0.05, 0.1) is 38.2 Å². The number of rotatable bonds is 54. The van der Waals surface area contributed by atoms with E-state index >= 15 is 0 Å². The van der Waals surface area contributed by atoms with Crippen molar-refractivity contribution in [3.63, 3.8) is 0 Å². The van der Waals surface area contributed by atoms with Gasteiger partial charge in [-0.1, -0.05) is 257 Å². The van der Waals surface area contributed by atoms with E-state index in [9.17, 15) is 0 Å². The summed E-state index contributed by atoms with van der Waals surface area (Å²) in [4.78, 5) is 9.90. The first-order chi connectivity index (χ1) is 56.8. The lowest BCUT2D eigenvalue weighted by atomic mass is 10.0. The fraction of sp³-hybridized carbons (Fsp3) is 0.431. The number of ether oxygens (including phenoxy) is 4. The van der Waals surface area contributed by atoms with E-state index in [-0.39, 0.29) is 0 Å². The number of nitrogens with zero attached hydrogens (tertiary/aromatic N) is 4. The predicted octanol–water partition coefficient (Wildman–Crippen LogP) is 34.1. The van der Waals surface area contributed by atoms with Crippen LogP contribution in [0, 0.1) is 0 Å². The van der Waals surface area contributed by atoms with E-state index in [1.807, 2.05) is 45.3 Å². The molecule has 115 heavy (non-hydrogen) atoms. The zero-order valence-corrected chi connectivity index (χ0v) is 73.9. The van der Waals surface area contributed by atoms with Crippen LogP contribution in [0.15, 0.2) is 170 Å². The first-order valence-corrected chi connectivity index (χ1v) is 48.3. The van der Waals surface area contributed by atoms with Crippen LogP contribution in [0.3, 0.4) is 0 Å². The number of anilines is 6. The molecule has 0 saturated heterocycles. The molecule has 5 heterocycles. The third kappa shape index (κ3) is 25.3. The van der Waals surface area contributed by atoms with E-state index < -0.39 is 0 Å². The minimum Gasteiger partial charge on any atom is -0.494 e. The summed E-state index contributed by atoms with van der Waals surface area (Å²) in [6, 6.07) is 62.1. The van der Waals surface area contributed by atoms with E-state index in [1.165, 1.54) is 263 Å². The van der Waals surface area contributed by atoms with E-state index in [1.54, 1.807) is 0 Å². The van der Waals surface area contributed by atoms with Crippen molar-refractivity contribution in [1.82, 2.24) is 8.75 Å². The van der Waals surface area contributed by atoms with Crippen LogP contribution in [0.25, 0.3) is 75.0 Å². The van der Waals surface area contributed by atoms with Gasteiger partial charge in [-0.05, 0) is 219 Å². The molecule has 0 unspecified atom stereocenters. The molecule has 0 bridgehead atoms. The topological polar surface area (TPSA) is 69.2 Å². The maximum Gasteiger partial charge on any atom is 0.119 e. The Kier molecular flexibility index (Phi) is 35.6. The van der Waals surface area contributed by atoms with E-state index in [0.29, 0.717) is 0 Å². The van der Waals surface area contributed by atoms with Gasteiger partial charge in [0.2, 0.25) is 0 Å². The lowest BCUT2D eigenvalue weighted by Gasteiger charge is -2.26. The third-order valence-corrected chi connectivity index (χ3v) is 27.6. The summed E-state index contributed by atoms with van der Waals surface area (Å²) < 4.78 is 40.7. The Labute approximate surface area is 709 Å². The molecule has 0 atom stereocenters. The van der Waals surface area contributed by atoms with Crippen LogP contribution in [-0.4, -0.2) is 35.2 Å². The molecule has 13 heteroatoms. The first kappa shape index (κ1) is 86.3. The SMILES string of the molecule is CCCCCCCCOc1ccc(N(c2ccc(/C=C/c3sc4cc(-c5ccc(-c6cc7sc(/C=C/c8ccc(N(c9ccc(OCCCCCCCC)cc9)c9ccc(OCCCCCCCC)cc9)cc8)c(CCCCCC)c7s6)c6nsnc56)sc4c3CCCCCC)cc2)c2ccc(OCCCCCCCC)cc2)cc1. The van der Waals surface area contributed by atoms with Gasteiger partial charge in [0.15, 0.2) is 0 Å². The number of hydrogen-bond acceptors (Lipinski definition) is 13. The zero-order valence-electron chi connectivity index (χ0n) is 69.8. The molecule has 12 rings (SSSR count). The number of thiophene rings is 4. The first-order valence-electron chi connectivity index (χ1n) is 44.3. The number of aryl methyl sites for hydroxylation is 2. The van der Waals surface area contributed by atoms with Crippen molar-refractivity contribution in [2.45, 2.75) is 260 Å². The van der Waals surface area contributed by atoms with Crippen molar-refractivity contribution in [3.8, 4) is 43.9 Å². The molecule has 0 amide bonds. The fourth-order valence-electron chi connectivity index (χ4n) is 15.4. The third-order valence-electron chi connectivity index (χ3n) is 22.1. The van der Waals surface area contributed by atoms with Gasteiger partial charge < -0.3 is 28.7 Å². The molecule has 5 aromatic heterocycles. The molecule has 0 fully saturated rings. The van der Waals surface area contributed by atoms with Crippen molar-refractivity contribution in [2.75, 3.05) is 36.2 Å². The lowest BCUT2D eigenvalue weighted by Crippen LogP contribution is -2.10. The Morgan fingerprint density at radius 1 is 0.278 bits per heavy atom. The minimum absolute atomic E-state index is 0.748. The van der Waals surface area contributed by atoms with Crippen LogP contribution < -0.4 is 28.7 Å². The highest BCUT2D eigenvalue weighted by Gasteiger charge is 2.23. The Morgan fingerprint density at radius 3 is 0.826 bits per heavy atom. The molecule has 0 aliphatic carbocycles. The number of unbranched alkanes of at least 4 members (excludes halogenated alkanes) is 26. The molecule has 12 aromatic rings. The van der Waals surface area contributed by atoms with Crippen molar-refractivity contribution in [1.29, 1.82) is 0 Å². The van der Waals surface area contributed by atoms with E-state index in [4.69, 9.17) is 27.7 Å². The van der Waals surface area contributed by atoms with Gasteiger partial charge in [-0.15, -0.1) is 45.3 Å². The second-order valence-corrected chi connectivity index (χ2v) is 36.0. The summed E-state index contributed by atoms with van der Waals surface area (Å²) in [7, 11) is 0. The monoisotopic (exact) mass is 1630 g/mol. The molecule has 608 valence electrons. The fourth-order valence-corrected chi connectivity index (χ4v) is 21.3. The Balaban J connectivity index is 0.753. The average Bonchev–Trinajstić information content (AvgIpc) is 1.60. The molecule has 0 spiro atoms. The summed E-state index contributed by atoms with van der Waals surface area (Å²) in [6.45, 7) is 16.7. The average molecular weight is 1630 g/mol. The number of aromatic nitrogens is 2. The Morgan fingerprint density at radius 2 is 0.539 bits per heavy atom. The predicted molar refractivity (Wildman–Crippen MR) is 506 cm³/mol. The minimum atomic E-state index is 0.748. The summed E-state index contributed by atoms with van der Waals surface area (Å²) in [5, 5.41) is 0. The van der Waals surface area contributed by atoms with Crippen LogP contribution in [0.4, 0.5) is 34.1 Å². The molecule has 0 aliphatic rings. The summed E-state index contributed by atoms with van der Waals surface area (Å²) in [5.74, 6) is 3.66. The van der Waals surface area contributed by atoms with Crippen LogP contribution in [-0.2, 0) is 12.8 Å². The molecule has 0 aliphatic heterocycles. The second-order valence-electron chi connectivity index (χ2n) is 31.2. The molecule has 0 saturated carbocycles. The lowest BCUT2D eigenvalue weighted by molar-refractivity contribution is 0.304. The molecule has 0 N–H and O–H groups in total. The van der Waals surface area contributed by atoms with Gasteiger partial charge in [0.1, 0.15) is 34.0 Å². The summed E-state index contributed by atoms with van der Waals surface area (Å²) in [5.41, 5.74) is 16.1. The Bertz CT molecular complexity index is 4410. The molecule has 7 aromatic carbocycles. The number of fused-ring (bicyclic) bond motifs is 3. The highest BCUT2D eigenvalue weighted by molar-refractivity contribution is 7.31. The van der Waals surface area contributed by atoms with Gasteiger partial charge in [0.25, 0.3) is 0 Å². The summed E-state index contributed by atoms with van der Waals surface area (Å²) >= 11 is 9.06. The maximum atomic E-state index is 6.26. The molecule has 8 nitrogen and oxygen atoms in total. The van der Waals surface area contributed by atoms with Gasteiger partial charge in [-0.3, -0.25) is 0 Å². The molecule has 0 radical (unpaired) electrons. The van der Waals surface area contributed by atoms with Gasteiger partial charge in [-0.2, -0.15) is 8.75 Å². The second kappa shape index (κ2) is 47.4. The zero-order chi connectivity index (χ0) is 79.4. The number of hydrogen-bond donors (Lipinski definition) is 0. The standard InChI is InChI=1S/C102H126N4O4S5/c1-7-13-19-25-29-35-71-107-85-59-51-81(52-60-85)105(82-53-61-86(62-54-82)108-72-36-30-26-20-14-8-2)79-47-41-77(42-48-79)45-69-93-91(39-33-23-17-11-5)101-97(111-93)75-95(113-101)89-67-68-90(100-99(89)103-115-104-100)96-76-98-102(114-96)92(40-34-24-18-12-6)94(112-98)70-46-78-43-49-80(50-44-78)106(83-55-63-87(64-56-83)109-73-37-31-27-21-15-9-3)84-57-65-88(66-58-84)110-74-38-32-28-22-16-10-4/h41-70,75-76H,7-40,71-74H2,1-6H3/b69-45+,70-46+. The molecular weight excluding hydrogens is 1510 g/mol. The van der Waals surface area contributed by atoms with E-state index in [0.717, 1.165) is 133 Å². The highest BCUT2D eigenvalue weighted by atomic mass is 32.1. The van der Waals surface area contributed by atoms with E-state index in [2.05, 4.69) is 246 Å². The smallest absolute Gasteiger partial charge is 0.119 e. The van der Waals surface area contributed by atoms with Crippen molar-refractivity contribution >= 4 is 145 Å². The van der Waals surface area contributed by atoms with Crippen molar-refractivity contribution in [3.05, 3.63) is 202 Å². The van der Waals surface area contributed by atoms with Crippen LogP contribution >= 0.6 is 57.1 Å². The van der Waals surface area contributed by atoms with Crippen LogP contribution in [0.2, 0.25) is 0 Å². The van der Waals surface area contributed by atoms with Crippen LogP contribution in [0.5, 0.6) is 23.0 Å². The Hall–Kier alpha value is -8.04. The summed E-state index contributed by atoms with van der Waals surface area (Å²) in [6.07, 6.45) is 51.2. The maximum absolute atomic E-state index is 6.26. The number of benzene rings is 7. The normalized spacial score (nSPS) is 11.8. The quantitative estimate of drug-likeness (QED) is 0.0349. The van der Waals surface area contributed by atoms with Gasteiger partial charge in [-0.25, -0.2) is 0 Å². The van der Waals surface area contributed by atoms with Crippen molar-refractivity contribution in [2.24, 2.45) is 0 Å².